The van der Waals surface area contributed by atoms with E-state index in [1.807, 2.05) is 18.5 Å². The van der Waals surface area contributed by atoms with E-state index in [-0.39, 0.29) is 0 Å². The molecule has 4 aromatic rings. The number of nitrogens with one attached hydrogen (secondary N) is 2. The van der Waals surface area contributed by atoms with E-state index >= 15 is 0 Å². The van der Waals surface area contributed by atoms with Gasteiger partial charge in [-0.2, -0.15) is 0 Å². The van der Waals surface area contributed by atoms with E-state index in [2.05, 4.69) is 94.3 Å². The summed E-state index contributed by atoms with van der Waals surface area (Å²) in [4.78, 5) is 24.8. The van der Waals surface area contributed by atoms with Crippen molar-refractivity contribution in [2.24, 2.45) is 0 Å². The van der Waals surface area contributed by atoms with Crippen molar-refractivity contribution >= 4 is 38.5 Å². The van der Waals surface area contributed by atoms with Crippen LogP contribution >= 0.6 is 15.9 Å². The van der Waals surface area contributed by atoms with Gasteiger partial charge in [0, 0.05) is 62.4 Å². The molecule has 0 radical (unpaired) electrons. The summed E-state index contributed by atoms with van der Waals surface area (Å²) >= 11 is 3.70. The SMILES string of the molecule is CN1CCC(Nc2c(Br)cnc3[nH]c(-c4ccc(N5CCN(Cc6ccccn6)CC5)cc4)nc23)CC1. The van der Waals surface area contributed by atoms with E-state index in [4.69, 9.17) is 4.98 Å². The van der Waals surface area contributed by atoms with Gasteiger partial charge in [0.25, 0.3) is 0 Å². The zero-order valence-corrected chi connectivity index (χ0v) is 22.8. The standard InChI is InChI=1S/C28H33BrN8/c1-35-12-9-21(10-13-35)32-25-24(29)18-31-28-26(25)33-27(34-28)20-5-7-23(8-6-20)37-16-14-36(15-17-37)19-22-4-2-3-11-30-22/h2-8,11,18,21H,9-10,12-17,19H2,1H3,(H2,31,32,33,34). The summed E-state index contributed by atoms with van der Waals surface area (Å²) in [5.41, 5.74) is 6.18. The molecule has 0 spiro atoms. The van der Waals surface area contributed by atoms with Gasteiger partial charge < -0.3 is 20.1 Å². The van der Waals surface area contributed by atoms with E-state index in [0.29, 0.717) is 6.04 Å². The molecule has 0 atom stereocenters. The summed E-state index contributed by atoms with van der Waals surface area (Å²) in [5, 5.41) is 3.74. The predicted octanol–water partition coefficient (Wildman–Crippen LogP) is 4.61. The number of aromatic nitrogens is 4. The third-order valence-electron chi connectivity index (χ3n) is 7.52. The molecule has 8 nitrogen and oxygen atoms in total. The summed E-state index contributed by atoms with van der Waals surface area (Å²) in [6, 6.07) is 15.3. The highest BCUT2D eigenvalue weighted by atomic mass is 79.9. The first-order valence-corrected chi connectivity index (χ1v) is 13.9. The molecule has 1 aromatic carbocycles. The van der Waals surface area contributed by atoms with Crippen LogP contribution in [0.3, 0.4) is 0 Å². The molecular weight excluding hydrogens is 528 g/mol. The van der Waals surface area contributed by atoms with Gasteiger partial charge in [-0.05, 0) is 85.3 Å². The molecule has 37 heavy (non-hydrogen) atoms. The topological polar surface area (TPSA) is 76.2 Å². The Bertz CT molecular complexity index is 1320. The van der Waals surface area contributed by atoms with Crippen LogP contribution < -0.4 is 10.2 Å². The molecule has 2 aliphatic heterocycles. The Morgan fingerprint density at radius 1 is 0.973 bits per heavy atom. The number of likely N-dealkylation sites (tertiary alicyclic amines) is 1. The zero-order valence-electron chi connectivity index (χ0n) is 21.2. The number of hydrogen-bond acceptors (Lipinski definition) is 7. The average Bonchev–Trinajstić information content (AvgIpc) is 3.37. The number of aromatic amines is 1. The maximum atomic E-state index is 4.97. The van der Waals surface area contributed by atoms with Crippen LogP contribution in [0.2, 0.25) is 0 Å². The number of pyridine rings is 2. The van der Waals surface area contributed by atoms with Gasteiger partial charge in [0.1, 0.15) is 11.3 Å². The Balaban J connectivity index is 1.13. The number of rotatable bonds is 6. The second-order valence-corrected chi connectivity index (χ2v) is 11.0. The van der Waals surface area contributed by atoms with Crippen LogP contribution in [0.15, 0.2) is 59.3 Å². The lowest BCUT2D eigenvalue weighted by Crippen LogP contribution is -2.46. The molecule has 2 aliphatic rings. The minimum Gasteiger partial charge on any atom is -0.379 e. The molecule has 192 valence electrons. The van der Waals surface area contributed by atoms with Gasteiger partial charge in [0.05, 0.1) is 15.9 Å². The Kier molecular flexibility index (Phi) is 7.08. The van der Waals surface area contributed by atoms with Crippen LogP contribution in [0.25, 0.3) is 22.6 Å². The Morgan fingerprint density at radius 2 is 1.76 bits per heavy atom. The lowest BCUT2D eigenvalue weighted by Gasteiger charge is -2.36. The second-order valence-electron chi connectivity index (χ2n) is 10.1. The number of H-pyrrole nitrogens is 1. The van der Waals surface area contributed by atoms with Crippen molar-refractivity contribution in [1.82, 2.24) is 29.7 Å². The van der Waals surface area contributed by atoms with Gasteiger partial charge in [-0.3, -0.25) is 9.88 Å². The summed E-state index contributed by atoms with van der Waals surface area (Å²) in [7, 11) is 2.19. The number of fused-ring (bicyclic) bond motifs is 1. The van der Waals surface area contributed by atoms with Gasteiger partial charge >= 0.3 is 0 Å². The first-order valence-electron chi connectivity index (χ1n) is 13.1. The van der Waals surface area contributed by atoms with Crippen LogP contribution in [0.1, 0.15) is 18.5 Å². The van der Waals surface area contributed by atoms with Gasteiger partial charge in [-0.1, -0.05) is 6.07 Å². The Labute approximate surface area is 226 Å². The van der Waals surface area contributed by atoms with Crippen molar-refractivity contribution in [2.45, 2.75) is 25.4 Å². The molecule has 0 amide bonds. The summed E-state index contributed by atoms with van der Waals surface area (Å²) in [6.45, 7) is 7.24. The highest BCUT2D eigenvalue weighted by Crippen LogP contribution is 2.33. The molecule has 0 aliphatic carbocycles. The number of piperazine rings is 1. The van der Waals surface area contributed by atoms with Gasteiger partial charge in [0.15, 0.2) is 5.65 Å². The monoisotopic (exact) mass is 560 g/mol. The van der Waals surface area contributed by atoms with Gasteiger partial charge in [-0.25, -0.2) is 9.97 Å². The predicted molar refractivity (Wildman–Crippen MR) is 153 cm³/mol. The molecule has 5 heterocycles. The van der Waals surface area contributed by atoms with Crippen molar-refractivity contribution in [2.75, 3.05) is 56.5 Å². The van der Waals surface area contributed by atoms with Crippen molar-refractivity contribution < 1.29 is 0 Å². The first-order chi connectivity index (χ1) is 18.1. The summed E-state index contributed by atoms with van der Waals surface area (Å²) in [6.07, 6.45) is 5.99. The van der Waals surface area contributed by atoms with Crippen molar-refractivity contribution in [3.63, 3.8) is 0 Å². The number of anilines is 2. The fourth-order valence-electron chi connectivity index (χ4n) is 5.28. The van der Waals surface area contributed by atoms with Crippen molar-refractivity contribution in [3.8, 4) is 11.4 Å². The summed E-state index contributed by atoms with van der Waals surface area (Å²) < 4.78 is 0.953. The fourth-order valence-corrected chi connectivity index (χ4v) is 5.68. The second kappa shape index (κ2) is 10.8. The average molecular weight is 562 g/mol. The Hall–Kier alpha value is -3.01. The van der Waals surface area contributed by atoms with Crippen LogP contribution in [0.5, 0.6) is 0 Å². The van der Waals surface area contributed by atoms with E-state index in [1.54, 1.807) is 0 Å². The fraction of sp³-hybridized carbons (Fsp3) is 0.393. The van der Waals surface area contributed by atoms with Gasteiger partial charge in [-0.15, -0.1) is 0 Å². The van der Waals surface area contributed by atoms with Crippen LogP contribution in [0.4, 0.5) is 11.4 Å². The molecule has 2 saturated heterocycles. The lowest BCUT2D eigenvalue weighted by atomic mass is 10.1. The van der Waals surface area contributed by atoms with Gasteiger partial charge in [0.2, 0.25) is 0 Å². The molecular formula is C28H33BrN8. The number of hydrogen-bond donors (Lipinski definition) is 2. The molecule has 2 N–H and O–H groups in total. The first kappa shape index (κ1) is 24.3. The lowest BCUT2D eigenvalue weighted by molar-refractivity contribution is 0.247. The van der Waals surface area contributed by atoms with Crippen molar-refractivity contribution in [3.05, 3.63) is 65.0 Å². The highest BCUT2D eigenvalue weighted by Gasteiger charge is 2.21. The summed E-state index contributed by atoms with van der Waals surface area (Å²) in [5.74, 6) is 0.846. The van der Waals surface area contributed by atoms with Crippen LogP contribution in [-0.2, 0) is 6.54 Å². The quantitative estimate of drug-likeness (QED) is 0.356. The normalized spacial score (nSPS) is 17.9. The van der Waals surface area contributed by atoms with Crippen LogP contribution in [-0.4, -0.2) is 82.1 Å². The minimum absolute atomic E-state index is 0.446. The zero-order chi connectivity index (χ0) is 25.2. The molecule has 6 rings (SSSR count). The molecule has 2 fully saturated rings. The maximum absolute atomic E-state index is 4.97. The van der Waals surface area contributed by atoms with Crippen LogP contribution in [0, 0.1) is 0 Å². The Morgan fingerprint density at radius 3 is 2.49 bits per heavy atom. The third kappa shape index (κ3) is 5.49. The number of nitrogens with zero attached hydrogens (tertiary/aromatic N) is 6. The number of imidazole rings is 1. The number of halogens is 1. The molecule has 0 unspecified atom stereocenters. The maximum Gasteiger partial charge on any atom is 0.159 e. The molecule has 0 saturated carbocycles. The highest BCUT2D eigenvalue weighted by molar-refractivity contribution is 9.10. The van der Waals surface area contributed by atoms with Crippen molar-refractivity contribution in [1.29, 1.82) is 0 Å². The molecule has 9 heteroatoms. The third-order valence-corrected chi connectivity index (χ3v) is 8.13. The molecule has 0 bridgehead atoms. The smallest absolute Gasteiger partial charge is 0.159 e. The van der Waals surface area contributed by atoms with E-state index in [9.17, 15) is 0 Å². The van der Waals surface area contributed by atoms with E-state index < -0.39 is 0 Å². The minimum atomic E-state index is 0.446. The largest absolute Gasteiger partial charge is 0.379 e. The number of benzene rings is 1. The number of piperidine rings is 1. The molecule has 3 aromatic heterocycles. The van der Waals surface area contributed by atoms with E-state index in [1.165, 1.54) is 5.69 Å². The van der Waals surface area contributed by atoms with E-state index in [0.717, 1.165) is 97.1 Å².